The maximum atomic E-state index is 12.3. The largest absolute Gasteiger partial charge is 0.485 e. The molecule has 4 nitrogen and oxygen atoms in total. The van der Waals surface area contributed by atoms with Crippen molar-refractivity contribution in [2.75, 3.05) is 6.61 Å². The number of hydrogen-bond donors (Lipinski definition) is 0. The summed E-state index contributed by atoms with van der Waals surface area (Å²) in [6.07, 6.45) is -0.270. The van der Waals surface area contributed by atoms with Crippen LogP contribution in [-0.4, -0.2) is 16.7 Å². The summed E-state index contributed by atoms with van der Waals surface area (Å²) in [7, 11) is 0. The number of nitrogens with zero attached hydrogens (tertiary/aromatic N) is 1. The molecule has 0 bridgehead atoms. The molecular formula is C17H13NO3S3. The number of carbonyl (C=O) groups excluding carboxylic acids is 1. The van der Waals surface area contributed by atoms with Crippen LogP contribution in [0.4, 0.5) is 0 Å². The highest BCUT2D eigenvalue weighted by molar-refractivity contribution is 8.13. The molecule has 0 aliphatic carbocycles. The number of aromatic nitrogens is 1. The molecule has 7 heteroatoms. The fourth-order valence-corrected chi connectivity index (χ4v) is 4.72. The zero-order valence-electron chi connectivity index (χ0n) is 12.5. The minimum Gasteiger partial charge on any atom is -0.485 e. The van der Waals surface area contributed by atoms with Gasteiger partial charge in [0.15, 0.2) is 17.6 Å². The van der Waals surface area contributed by atoms with Crippen molar-refractivity contribution < 1.29 is 14.3 Å². The standard InChI is InChI=1S/C17H13NO3S3/c19-17(24-9-11-4-3-7-22-11)12-10-23-16(18-12)15-8-20-13-5-1-2-6-14(13)21-15/h1-7,10,15H,8-9H2. The number of carbonyl (C=O) groups is 1. The Kier molecular flexibility index (Phi) is 4.55. The zero-order chi connectivity index (χ0) is 16.4. The maximum Gasteiger partial charge on any atom is 0.238 e. The third kappa shape index (κ3) is 3.33. The van der Waals surface area contributed by atoms with Crippen LogP contribution in [0.15, 0.2) is 47.2 Å². The monoisotopic (exact) mass is 375 g/mol. The van der Waals surface area contributed by atoms with E-state index in [-0.39, 0.29) is 11.2 Å². The van der Waals surface area contributed by atoms with Gasteiger partial charge in [0.25, 0.3) is 0 Å². The van der Waals surface area contributed by atoms with Gasteiger partial charge in [-0.05, 0) is 23.6 Å². The van der Waals surface area contributed by atoms with Gasteiger partial charge in [-0.3, -0.25) is 4.79 Å². The third-order valence-electron chi connectivity index (χ3n) is 3.44. The van der Waals surface area contributed by atoms with Gasteiger partial charge in [-0.15, -0.1) is 22.7 Å². The Morgan fingerprint density at radius 3 is 2.92 bits per heavy atom. The molecule has 1 aliphatic heterocycles. The van der Waals surface area contributed by atoms with Gasteiger partial charge in [0.2, 0.25) is 5.12 Å². The molecule has 0 spiro atoms. The van der Waals surface area contributed by atoms with Gasteiger partial charge in [-0.25, -0.2) is 4.98 Å². The van der Waals surface area contributed by atoms with Crippen molar-refractivity contribution in [3.05, 3.63) is 62.7 Å². The Morgan fingerprint density at radius 1 is 1.21 bits per heavy atom. The van der Waals surface area contributed by atoms with Crippen molar-refractivity contribution >= 4 is 39.6 Å². The highest BCUT2D eigenvalue weighted by atomic mass is 32.2. The number of para-hydroxylation sites is 2. The number of thiazole rings is 1. The first-order valence-electron chi connectivity index (χ1n) is 7.33. The molecule has 0 fully saturated rings. The lowest BCUT2D eigenvalue weighted by molar-refractivity contribution is 0.0908. The molecular weight excluding hydrogens is 362 g/mol. The third-order valence-corrected chi connectivity index (χ3v) is 6.36. The zero-order valence-corrected chi connectivity index (χ0v) is 15.0. The van der Waals surface area contributed by atoms with Crippen molar-refractivity contribution in [3.63, 3.8) is 0 Å². The van der Waals surface area contributed by atoms with E-state index in [9.17, 15) is 4.79 Å². The summed E-state index contributed by atoms with van der Waals surface area (Å²) in [5, 5.41) is 4.57. The number of thioether (sulfide) groups is 1. The number of benzene rings is 1. The summed E-state index contributed by atoms with van der Waals surface area (Å²) in [5.41, 5.74) is 0.485. The van der Waals surface area contributed by atoms with Gasteiger partial charge in [-0.1, -0.05) is 30.0 Å². The van der Waals surface area contributed by atoms with Crippen LogP contribution in [-0.2, 0) is 5.75 Å². The van der Waals surface area contributed by atoms with E-state index in [1.807, 2.05) is 41.8 Å². The van der Waals surface area contributed by atoms with Crippen molar-refractivity contribution in [2.45, 2.75) is 11.9 Å². The summed E-state index contributed by atoms with van der Waals surface area (Å²) in [6, 6.07) is 11.6. The molecule has 3 heterocycles. The average Bonchev–Trinajstić information content (AvgIpc) is 3.31. The van der Waals surface area contributed by atoms with Gasteiger partial charge in [0.1, 0.15) is 17.3 Å². The first-order chi connectivity index (χ1) is 11.8. The van der Waals surface area contributed by atoms with Crippen LogP contribution in [0.5, 0.6) is 11.5 Å². The molecule has 3 aromatic rings. The summed E-state index contributed by atoms with van der Waals surface area (Å²) < 4.78 is 11.6. The van der Waals surface area contributed by atoms with Crippen molar-refractivity contribution in [1.82, 2.24) is 4.98 Å². The lowest BCUT2D eigenvalue weighted by atomic mass is 10.2. The average molecular weight is 375 g/mol. The second-order valence-electron chi connectivity index (χ2n) is 5.09. The first-order valence-corrected chi connectivity index (χ1v) is 10.1. The van der Waals surface area contributed by atoms with Gasteiger partial charge in [0.05, 0.1) is 0 Å². The van der Waals surface area contributed by atoms with Crippen LogP contribution in [0.1, 0.15) is 26.5 Å². The summed E-state index contributed by atoms with van der Waals surface area (Å²) in [4.78, 5) is 17.9. The second kappa shape index (κ2) is 6.96. The van der Waals surface area contributed by atoms with Gasteiger partial charge < -0.3 is 9.47 Å². The molecule has 1 aromatic carbocycles. The number of rotatable bonds is 4. The normalized spacial score (nSPS) is 16.1. The molecule has 122 valence electrons. The number of hydrogen-bond acceptors (Lipinski definition) is 7. The molecule has 0 saturated carbocycles. The minimum atomic E-state index is -0.270. The fraction of sp³-hybridized carbons (Fsp3) is 0.176. The highest BCUT2D eigenvalue weighted by Gasteiger charge is 2.26. The van der Waals surface area contributed by atoms with Crippen LogP contribution >= 0.6 is 34.4 Å². The molecule has 0 radical (unpaired) electrons. The predicted molar refractivity (Wildman–Crippen MR) is 97.4 cm³/mol. The number of fused-ring (bicyclic) bond motifs is 1. The van der Waals surface area contributed by atoms with Gasteiger partial charge >= 0.3 is 0 Å². The van der Waals surface area contributed by atoms with E-state index >= 15 is 0 Å². The molecule has 1 unspecified atom stereocenters. The van der Waals surface area contributed by atoms with Gasteiger partial charge in [-0.2, -0.15) is 0 Å². The topological polar surface area (TPSA) is 48.4 Å². The van der Waals surface area contributed by atoms with Crippen LogP contribution in [0.3, 0.4) is 0 Å². The molecule has 2 aromatic heterocycles. The Hall–Kier alpha value is -1.83. The number of ether oxygens (including phenoxy) is 2. The molecule has 0 N–H and O–H groups in total. The molecule has 4 rings (SSSR count). The second-order valence-corrected chi connectivity index (χ2v) is 7.96. The minimum absolute atomic E-state index is 0.0111. The highest BCUT2D eigenvalue weighted by Crippen LogP contribution is 2.36. The van der Waals surface area contributed by atoms with Crippen molar-refractivity contribution in [2.24, 2.45) is 0 Å². The van der Waals surface area contributed by atoms with Crippen LogP contribution in [0.25, 0.3) is 0 Å². The Labute approximate surface area is 151 Å². The van der Waals surface area contributed by atoms with E-state index in [0.29, 0.717) is 23.8 Å². The van der Waals surface area contributed by atoms with E-state index in [2.05, 4.69) is 4.98 Å². The number of thiophene rings is 1. The summed E-state index contributed by atoms with van der Waals surface area (Å²) in [5.74, 6) is 2.14. The van der Waals surface area contributed by atoms with E-state index < -0.39 is 0 Å². The lowest BCUT2D eigenvalue weighted by Gasteiger charge is -2.24. The quantitative estimate of drug-likeness (QED) is 0.656. The van der Waals surface area contributed by atoms with E-state index in [1.54, 1.807) is 16.7 Å². The predicted octanol–water partition coefficient (Wildman–Crippen LogP) is 4.79. The van der Waals surface area contributed by atoms with E-state index in [4.69, 9.17) is 9.47 Å². The SMILES string of the molecule is O=C(SCc1cccs1)c1csc(C2COc3ccccc3O2)n1. The lowest BCUT2D eigenvalue weighted by Crippen LogP contribution is -2.21. The Bertz CT molecular complexity index is 844. The van der Waals surface area contributed by atoms with Crippen LogP contribution in [0, 0.1) is 0 Å². The maximum absolute atomic E-state index is 12.3. The van der Waals surface area contributed by atoms with Crippen molar-refractivity contribution in [1.29, 1.82) is 0 Å². The van der Waals surface area contributed by atoms with Crippen LogP contribution in [0.2, 0.25) is 0 Å². The Balaban J connectivity index is 1.42. The molecule has 0 amide bonds. The molecule has 24 heavy (non-hydrogen) atoms. The first kappa shape index (κ1) is 15.7. The van der Waals surface area contributed by atoms with Crippen LogP contribution < -0.4 is 9.47 Å². The summed E-state index contributed by atoms with van der Waals surface area (Å²) >= 11 is 4.37. The van der Waals surface area contributed by atoms with E-state index in [1.165, 1.54) is 28.0 Å². The molecule has 1 aliphatic rings. The Morgan fingerprint density at radius 2 is 2.08 bits per heavy atom. The van der Waals surface area contributed by atoms with Gasteiger partial charge in [0, 0.05) is 16.0 Å². The van der Waals surface area contributed by atoms with E-state index in [0.717, 1.165) is 10.8 Å². The molecule has 1 atom stereocenters. The van der Waals surface area contributed by atoms with Crippen molar-refractivity contribution in [3.8, 4) is 11.5 Å². The smallest absolute Gasteiger partial charge is 0.238 e. The summed E-state index contributed by atoms with van der Waals surface area (Å²) in [6.45, 7) is 0.403. The molecule has 0 saturated heterocycles. The fourth-order valence-electron chi connectivity index (χ4n) is 2.28.